The fraction of sp³-hybridized carbons (Fsp3) is 0.467. The van der Waals surface area contributed by atoms with Crippen molar-refractivity contribution >= 4 is 28.7 Å². The van der Waals surface area contributed by atoms with Crippen LogP contribution < -0.4 is 10.6 Å². The highest BCUT2D eigenvalue weighted by atomic mass is 16.4. The molecule has 0 saturated heterocycles. The lowest BCUT2D eigenvalue weighted by Crippen LogP contribution is -2.52. The van der Waals surface area contributed by atoms with Crippen molar-refractivity contribution in [2.45, 2.75) is 84.7 Å². The summed E-state index contributed by atoms with van der Waals surface area (Å²) in [6, 6.07) is 13.0. The quantitative estimate of drug-likeness (QED) is 0.319. The van der Waals surface area contributed by atoms with E-state index in [0.29, 0.717) is 29.5 Å². The molecule has 3 rings (SSSR count). The maximum Gasteiger partial charge on any atom is 0.266 e. The second-order valence-corrected chi connectivity index (χ2v) is 10.6. The van der Waals surface area contributed by atoms with Gasteiger partial charge in [0.25, 0.3) is 11.8 Å². The van der Waals surface area contributed by atoms with Crippen LogP contribution in [0.5, 0.6) is 0 Å². The molecular formula is C30H39N3O4. The van der Waals surface area contributed by atoms with E-state index in [9.17, 15) is 14.4 Å². The van der Waals surface area contributed by atoms with Crippen LogP contribution in [0.2, 0.25) is 0 Å². The molecular weight excluding hydrogens is 466 g/mol. The third-order valence-electron chi connectivity index (χ3n) is 6.90. The summed E-state index contributed by atoms with van der Waals surface area (Å²) in [4.78, 5) is 43.9. The van der Waals surface area contributed by atoms with Gasteiger partial charge in [0.05, 0.1) is 6.04 Å². The Labute approximate surface area is 219 Å². The van der Waals surface area contributed by atoms with Gasteiger partial charge in [0.1, 0.15) is 11.6 Å². The molecule has 0 aliphatic rings. The average Bonchev–Trinajstić information content (AvgIpc) is 3.33. The number of para-hydroxylation sites is 2. The van der Waals surface area contributed by atoms with Gasteiger partial charge in [-0.1, -0.05) is 78.6 Å². The Morgan fingerprint density at radius 2 is 1.51 bits per heavy atom. The van der Waals surface area contributed by atoms with Crippen LogP contribution in [0.4, 0.5) is 0 Å². The molecule has 7 heteroatoms. The van der Waals surface area contributed by atoms with Crippen LogP contribution in [0.15, 0.2) is 52.9 Å². The number of ketones is 1. The smallest absolute Gasteiger partial charge is 0.266 e. The summed E-state index contributed by atoms with van der Waals surface area (Å²) in [6.45, 7) is 12.3. The molecule has 3 aromatic rings. The summed E-state index contributed by atoms with van der Waals surface area (Å²) in [5, 5.41) is 5.76. The number of rotatable bonds is 11. The normalized spacial score (nSPS) is 13.4. The fourth-order valence-corrected chi connectivity index (χ4v) is 4.30. The molecule has 0 saturated carbocycles. The number of benzene rings is 2. The summed E-state index contributed by atoms with van der Waals surface area (Å²) < 4.78 is 5.63. The number of oxazole rings is 1. The molecule has 0 aliphatic heterocycles. The van der Waals surface area contributed by atoms with Gasteiger partial charge in [-0.05, 0) is 54.0 Å². The lowest BCUT2D eigenvalue weighted by atomic mass is 9.86. The first kappa shape index (κ1) is 28.1. The summed E-state index contributed by atoms with van der Waals surface area (Å²) in [5.41, 5.74) is 2.69. The van der Waals surface area contributed by atoms with Gasteiger partial charge in [0.15, 0.2) is 5.58 Å². The topological polar surface area (TPSA) is 101 Å². The molecule has 0 bridgehead atoms. The zero-order valence-electron chi connectivity index (χ0n) is 22.8. The first-order valence-corrected chi connectivity index (χ1v) is 13.2. The minimum absolute atomic E-state index is 0.0245. The van der Waals surface area contributed by atoms with Crippen LogP contribution in [0.3, 0.4) is 0 Å². The van der Waals surface area contributed by atoms with Crippen molar-refractivity contribution in [3.63, 3.8) is 0 Å². The molecule has 2 unspecified atom stereocenters. The molecule has 2 amide bonds. The molecule has 1 aromatic heterocycles. The number of fused-ring (bicyclic) bond motifs is 1. The van der Waals surface area contributed by atoms with Gasteiger partial charge in [-0.3, -0.25) is 14.4 Å². The molecule has 2 aromatic carbocycles. The van der Waals surface area contributed by atoms with E-state index in [0.717, 1.165) is 18.4 Å². The maximum absolute atomic E-state index is 13.4. The van der Waals surface area contributed by atoms with Crippen molar-refractivity contribution in [3.05, 3.63) is 65.5 Å². The molecule has 198 valence electrons. The molecule has 0 aliphatic carbocycles. The highest BCUT2D eigenvalue weighted by Crippen LogP contribution is 2.23. The molecule has 1 heterocycles. The Morgan fingerprint density at radius 3 is 2.08 bits per heavy atom. The molecule has 0 spiro atoms. The Kier molecular flexibility index (Phi) is 9.24. The molecule has 7 nitrogen and oxygen atoms in total. The predicted molar refractivity (Wildman–Crippen MR) is 146 cm³/mol. The SMILES string of the molecule is CCC(CC)CC(NC(=O)c1ccc(C(C)(C)C)cc1)C(=O)NC(CC)C(=O)c1nc2ccccc2o1. The second kappa shape index (κ2) is 12.2. The maximum atomic E-state index is 13.4. The highest BCUT2D eigenvalue weighted by molar-refractivity contribution is 6.02. The van der Waals surface area contributed by atoms with Gasteiger partial charge in [-0.25, -0.2) is 4.98 Å². The Hall–Kier alpha value is -3.48. The summed E-state index contributed by atoms with van der Waals surface area (Å²) >= 11 is 0. The number of amides is 2. The van der Waals surface area contributed by atoms with Crippen LogP contribution in [-0.4, -0.2) is 34.7 Å². The first-order chi connectivity index (χ1) is 17.6. The molecule has 2 atom stereocenters. The molecule has 0 fully saturated rings. The Morgan fingerprint density at radius 1 is 0.865 bits per heavy atom. The largest absolute Gasteiger partial charge is 0.434 e. The average molecular weight is 506 g/mol. The number of hydrogen-bond donors (Lipinski definition) is 2. The molecule has 37 heavy (non-hydrogen) atoms. The number of Topliss-reactive ketones (excluding diaryl/α,β-unsaturated/α-hetero) is 1. The summed E-state index contributed by atoms with van der Waals surface area (Å²) in [5.74, 6) is -0.870. The van der Waals surface area contributed by atoms with Crippen LogP contribution in [-0.2, 0) is 10.2 Å². The van der Waals surface area contributed by atoms with Gasteiger partial charge in [0.2, 0.25) is 11.7 Å². The number of carbonyl (C=O) groups excluding carboxylic acids is 3. The fourth-order valence-electron chi connectivity index (χ4n) is 4.30. The summed E-state index contributed by atoms with van der Waals surface area (Å²) in [7, 11) is 0. The van der Waals surface area contributed by atoms with Crippen molar-refractivity contribution in [3.8, 4) is 0 Å². The Bertz CT molecular complexity index is 1190. The van der Waals surface area contributed by atoms with Crippen molar-refractivity contribution in [1.82, 2.24) is 15.6 Å². The number of hydrogen-bond acceptors (Lipinski definition) is 5. The van der Waals surface area contributed by atoms with Crippen molar-refractivity contribution < 1.29 is 18.8 Å². The van der Waals surface area contributed by atoms with E-state index in [-0.39, 0.29) is 29.0 Å². The summed E-state index contributed by atoms with van der Waals surface area (Å²) in [6.07, 6.45) is 2.62. The lowest BCUT2D eigenvalue weighted by molar-refractivity contribution is -0.123. The van der Waals surface area contributed by atoms with Crippen molar-refractivity contribution in [2.75, 3.05) is 0 Å². The monoisotopic (exact) mass is 505 g/mol. The number of aromatic nitrogens is 1. The minimum Gasteiger partial charge on any atom is -0.434 e. The predicted octanol–water partition coefficient (Wildman–Crippen LogP) is 5.83. The second-order valence-electron chi connectivity index (χ2n) is 10.6. The van der Waals surface area contributed by atoms with Crippen LogP contribution in [0.25, 0.3) is 11.1 Å². The van der Waals surface area contributed by atoms with Gasteiger partial charge in [0, 0.05) is 5.56 Å². The number of nitrogens with zero attached hydrogens (tertiary/aromatic N) is 1. The number of nitrogens with one attached hydrogen (secondary N) is 2. The van der Waals surface area contributed by atoms with Crippen molar-refractivity contribution in [1.29, 1.82) is 0 Å². The zero-order chi connectivity index (χ0) is 27.2. The van der Waals surface area contributed by atoms with E-state index in [1.54, 1.807) is 24.3 Å². The Balaban J connectivity index is 1.77. The molecule has 2 N–H and O–H groups in total. The van der Waals surface area contributed by atoms with Gasteiger partial charge >= 0.3 is 0 Å². The van der Waals surface area contributed by atoms with Gasteiger partial charge in [-0.2, -0.15) is 0 Å². The minimum atomic E-state index is -0.812. The molecule has 0 radical (unpaired) electrons. The lowest BCUT2D eigenvalue weighted by Gasteiger charge is -2.25. The van der Waals surface area contributed by atoms with E-state index in [2.05, 4.69) is 50.2 Å². The highest BCUT2D eigenvalue weighted by Gasteiger charge is 2.30. The standard InChI is InChI=1S/C30H39N3O4/c1-7-19(8-2)18-24(32-27(35)20-14-16-21(17-15-20)30(4,5)6)28(36)31-22(9-3)26(34)29-33-23-12-10-11-13-25(23)37-29/h10-17,19,22,24H,7-9,18H2,1-6H3,(H,31,36)(H,32,35). The van der Waals surface area contributed by atoms with Gasteiger partial charge in [-0.15, -0.1) is 0 Å². The van der Waals surface area contributed by atoms with Gasteiger partial charge < -0.3 is 15.1 Å². The zero-order valence-corrected chi connectivity index (χ0v) is 22.8. The van der Waals surface area contributed by atoms with Crippen LogP contribution >= 0.6 is 0 Å². The first-order valence-electron chi connectivity index (χ1n) is 13.2. The van der Waals surface area contributed by atoms with Crippen LogP contribution in [0.1, 0.15) is 93.8 Å². The van der Waals surface area contributed by atoms with E-state index >= 15 is 0 Å². The van der Waals surface area contributed by atoms with Crippen molar-refractivity contribution in [2.24, 2.45) is 5.92 Å². The third-order valence-corrected chi connectivity index (χ3v) is 6.90. The van der Waals surface area contributed by atoms with Crippen LogP contribution in [0, 0.1) is 5.92 Å². The van der Waals surface area contributed by atoms with E-state index in [1.807, 2.05) is 31.2 Å². The number of carbonyl (C=O) groups is 3. The van der Waals surface area contributed by atoms with E-state index in [1.165, 1.54) is 0 Å². The third kappa shape index (κ3) is 7.06. The van der Waals surface area contributed by atoms with E-state index < -0.39 is 17.9 Å². The van der Waals surface area contributed by atoms with E-state index in [4.69, 9.17) is 4.42 Å².